The third-order valence-electron chi connectivity index (χ3n) is 3.57. The van der Waals surface area contributed by atoms with Crippen LogP contribution in [0.25, 0.3) is 0 Å². The van der Waals surface area contributed by atoms with E-state index in [0.717, 1.165) is 5.56 Å². The third kappa shape index (κ3) is 5.40. The predicted octanol–water partition coefficient (Wildman–Crippen LogP) is 1.53. The van der Waals surface area contributed by atoms with Crippen LogP contribution < -0.4 is 15.4 Å². The Bertz CT molecular complexity index is 534. The first kappa shape index (κ1) is 17.6. The van der Waals surface area contributed by atoms with Gasteiger partial charge >= 0.3 is 6.18 Å². The first-order chi connectivity index (χ1) is 10.7. The maximum absolute atomic E-state index is 12.1. The summed E-state index contributed by atoms with van der Waals surface area (Å²) >= 11 is 0. The highest BCUT2D eigenvalue weighted by molar-refractivity contribution is 5.82. The lowest BCUT2D eigenvalue weighted by atomic mass is 10.1. The number of alkyl halides is 3. The van der Waals surface area contributed by atoms with Crippen LogP contribution in [0.1, 0.15) is 24.9 Å². The lowest BCUT2D eigenvalue weighted by molar-refractivity contribution is -0.153. The summed E-state index contributed by atoms with van der Waals surface area (Å²) in [4.78, 5) is 12.0. The molecule has 8 heteroatoms. The van der Waals surface area contributed by atoms with Gasteiger partial charge in [0, 0.05) is 6.54 Å². The number of carbonyl (C=O) groups is 1. The van der Waals surface area contributed by atoms with E-state index in [-0.39, 0.29) is 17.7 Å². The molecule has 1 saturated heterocycles. The zero-order valence-electron chi connectivity index (χ0n) is 12.6. The zero-order chi connectivity index (χ0) is 17.0. The molecule has 128 valence electrons. The van der Waals surface area contributed by atoms with E-state index in [0.29, 0.717) is 13.0 Å². The molecule has 1 amide bonds. The Morgan fingerprint density at radius 2 is 2.09 bits per heavy atom. The second-order valence-corrected chi connectivity index (χ2v) is 5.55. The molecule has 0 saturated carbocycles. The summed E-state index contributed by atoms with van der Waals surface area (Å²) in [5, 5.41) is 15.1. The summed E-state index contributed by atoms with van der Waals surface area (Å²) < 4.78 is 40.8. The standard InChI is InChI=1S/C15H19F3N2O3/c1-9(20-14(22)13-6-11(21)7-19-13)10-2-4-12(5-3-10)23-8-15(16,17)18/h2-5,9,11,13,19,21H,6-8H2,1H3,(H,20,22)/t9-,11+,13-/m1/s1. The topological polar surface area (TPSA) is 70.6 Å². The minimum Gasteiger partial charge on any atom is -0.484 e. The van der Waals surface area contributed by atoms with Crippen LogP contribution in [0.15, 0.2) is 24.3 Å². The molecule has 0 unspecified atom stereocenters. The van der Waals surface area contributed by atoms with Crippen LogP contribution in [0, 0.1) is 0 Å². The number of aliphatic hydroxyl groups is 1. The van der Waals surface area contributed by atoms with Gasteiger partial charge in [-0.2, -0.15) is 13.2 Å². The molecule has 1 fully saturated rings. The van der Waals surface area contributed by atoms with E-state index in [1.165, 1.54) is 12.1 Å². The fourth-order valence-electron chi connectivity index (χ4n) is 2.33. The number of ether oxygens (including phenoxy) is 1. The summed E-state index contributed by atoms with van der Waals surface area (Å²) in [5.41, 5.74) is 0.747. The molecule has 3 atom stereocenters. The summed E-state index contributed by atoms with van der Waals surface area (Å²) in [6.45, 7) is 0.820. The van der Waals surface area contributed by atoms with E-state index in [9.17, 15) is 23.1 Å². The molecule has 1 aliphatic heterocycles. The van der Waals surface area contributed by atoms with E-state index < -0.39 is 24.9 Å². The van der Waals surface area contributed by atoms with E-state index in [4.69, 9.17) is 0 Å². The molecule has 0 aromatic heterocycles. The van der Waals surface area contributed by atoms with Gasteiger partial charge in [0.15, 0.2) is 6.61 Å². The molecule has 3 N–H and O–H groups in total. The van der Waals surface area contributed by atoms with Crippen molar-refractivity contribution < 1.29 is 27.8 Å². The lowest BCUT2D eigenvalue weighted by Gasteiger charge is -2.18. The van der Waals surface area contributed by atoms with Crippen molar-refractivity contribution in [3.05, 3.63) is 29.8 Å². The van der Waals surface area contributed by atoms with Crippen molar-refractivity contribution in [1.29, 1.82) is 0 Å². The zero-order valence-corrected chi connectivity index (χ0v) is 12.6. The maximum atomic E-state index is 12.1. The molecule has 2 rings (SSSR count). The average molecular weight is 332 g/mol. The van der Waals surface area contributed by atoms with Gasteiger partial charge in [-0.3, -0.25) is 4.79 Å². The SMILES string of the molecule is C[C@@H](NC(=O)[C@H]1C[C@H](O)CN1)c1ccc(OCC(F)(F)F)cc1. The quantitative estimate of drug-likeness (QED) is 0.765. The number of hydrogen-bond donors (Lipinski definition) is 3. The number of benzene rings is 1. The normalized spacial score (nSPS) is 22.7. The second kappa shape index (κ2) is 7.18. The van der Waals surface area contributed by atoms with Gasteiger partial charge in [0.1, 0.15) is 5.75 Å². The number of carbonyl (C=O) groups excluding carboxylic acids is 1. The maximum Gasteiger partial charge on any atom is 0.422 e. The largest absolute Gasteiger partial charge is 0.484 e. The minimum atomic E-state index is -4.38. The smallest absolute Gasteiger partial charge is 0.422 e. The van der Waals surface area contributed by atoms with Gasteiger partial charge in [0.25, 0.3) is 0 Å². The van der Waals surface area contributed by atoms with Crippen LogP contribution in [-0.2, 0) is 4.79 Å². The number of halogens is 3. The summed E-state index contributed by atoms with van der Waals surface area (Å²) in [6, 6.07) is 5.34. The molecule has 1 aromatic carbocycles. The van der Waals surface area contributed by atoms with E-state index in [2.05, 4.69) is 15.4 Å². The van der Waals surface area contributed by atoms with E-state index in [1.54, 1.807) is 19.1 Å². The van der Waals surface area contributed by atoms with Crippen molar-refractivity contribution in [3.8, 4) is 5.75 Å². The highest BCUT2D eigenvalue weighted by Gasteiger charge is 2.29. The number of β-amino-alcohol motifs (C(OH)–C–C–N with tert-alkyl or cyclic N) is 1. The molecule has 1 aliphatic rings. The summed E-state index contributed by atoms with van der Waals surface area (Å²) in [6.07, 6.45) is -4.53. The van der Waals surface area contributed by atoms with Crippen LogP contribution in [0.5, 0.6) is 5.75 Å². The van der Waals surface area contributed by atoms with E-state index in [1.807, 2.05) is 0 Å². The fourth-order valence-corrected chi connectivity index (χ4v) is 2.33. The molecule has 1 heterocycles. The third-order valence-corrected chi connectivity index (χ3v) is 3.57. The van der Waals surface area contributed by atoms with E-state index >= 15 is 0 Å². The molecular weight excluding hydrogens is 313 g/mol. The number of amides is 1. The second-order valence-electron chi connectivity index (χ2n) is 5.55. The van der Waals surface area contributed by atoms with Gasteiger partial charge in [-0.15, -0.1) is 0 Å². The number of rotatable bonds is 5. The first-order valence-corrected chi connectivity index (χ1v) is 7.26. The highest BCUT2D eigenvalue weighted by atomic mass is 19.4. The molecule has 0 spiro atoms. The lowest BCUT2D eigenvalue weighted by Crippen LogP contribution is -2.41. The Kier molecular flexibility index (Phi) is 5.48. The van der Waals surface area contributed by atoms with Gasteiger partial charge in [-0.05, 0) is 31.0 Å². The van der Waals surface area contributed by atoms with Crippen molar-refractivity contribution >= 4 is 5.91 Å². The van der Waals surface area contributed by atoms with Crippen LogP contribution in [0.4, 0.5) is 13.2 Å². The Morgan fingerprint density at radius 3 is 2.61 bits per heavy atom. The van der Waals surface area contributed by atoms with Gasteiger partial charge in [0.2, 0.25) is 5.91 Å². The molecule has 0 aliphatic carbocycles. The number of hydrogen-bond acceptors (Lipinski definition) is 4. The first-order valence-electron chi connectivity index (χ1n) is 7.26. The van der Waals surface area contributed by atoms with Crippen molar-refractivity contribution in [2.45, 2.75) is 37.7 Å². The van der Waals surface area contributed by atoms with Crippen molar-refractivity contribution in [3.63, 3.8) is 0 Å². The molecule has 23 heavy (non-hydrogen) atoms. The van der Waals surface area contributed by atoms with Crippen LogP contribution in [0.3, 0.4) is 0 Å². The molecule has 0 radical (unpaired) electrons. The fraction of sp³-hybridized carbons (Fsp3) is 0.533. The average Bonchev–Trinajstić information content (AvgIpc) is 2.91. The Hall–Kier alpha value is -1.80. The summed E-state index contributed by atoms with van der Waals surface area (Å²) in [7, 11) is 0. The van der Waals surface area contributed by atoms with Gasteiger partial charge in [-0.1, -0.05) is 12.1 Å². The van der Waals surface area contributed by atoms with Crippen LogP contribution in [0.2, 0.25) is 0 Å². The monoisotopic (exact) mass is 332 g/mol. The summed E-state index contributed by atoms with van der Waals surface area (Å²) in [5.74, 6) is -0.100. The molecule has 1 aromatic rings. The number of aliphatic hydroxyl groups excluding tert-OH is 1. The van der Waals surface area contributed by atoms with Crippen LogP contribution in [-0.4, -0.2) is 42.5 Å². The number of nitrogens with one attached hydrogen (secondary N) is 2. The minimum absolute atomic E-state index is 0.116. The molecule has 5 nitrogen and oxygen atoms in total. The van der Waals surface area contributed by atoms with Gasteiger partial charge in [0.05, 0.1) is 18.2 Å². The predicted molar refractivity (Wildman–Crippen MR) is 77.0 cm³/mol. The van der Waals surface area contributed by atoms with Crippen molar-refractivity contribution in [2.75, 3.05) is 13.2 Å². The van der Waals surface area contributed by atoms with Crippen LogP contribution >= 0.6 is 0 Å². The van der Waals surface area contributed by atoms with Gasteiger partial charge in [-0.25, -0.2) is 0 Å². The van der Waals surface area contributed by atoms with Crippen molar-refractivity contribution in [2.24, 2.45) is 0 Å². The highest BCUT2D eigenvalue weighted by Crippen LogP contribution is 2.21. The molecular formula is C15H19F3N2O3. The Labute approximate surface area is 131 Å². The van der Waals surface area contributed by atoms with Crippen molar-refractivity contribution in [1.82, 2.24) is 10.6 Å². The Balaban J connectivity index is 1.87. The Morgan fingerprint density at radius 1 is 1.43 bits per heavy atom. The van der Waals surface area contributed by atoms with Gasteiger partial charge < -0.3 is 20.5 Å². The molecule has 0 bridgehead atoms.